The predicted molar refractivity (Wildman–Crippen MR) is 223 cm³/mol. The topological polar surface area (TPSA) is 131 Å². The number of ether oxygens (including phenoxy) is 2. The molecule has 3 unspecified atom stereocenters. The first-order valence-electron chi connectivity index (χ1n) is 21.5. The minimum atomic E-state index is -4.66. The number of esters is 2. The molecular formula is C44H80NO9P. The van der Waals surface area contributed by atoms with Gasteiger partial charge in [0, 0.05) is 12.8 Å². The lowest BCUT2D eigenvalue weighted by atomic mass is 10.0. The van der Waals surface area contributed by atoms with Gasteiger partial charge >= 0.3 is 11.9 Å². The van der Waals surface area contributed by atoms with Gasteiger partial charge < -0.3 is 33.0 Å². The molecule has 11 heteroatoms. The van der Waals surface area contributed by atoms with Crippen LogP contribution in [0, 0.1) is 0 Å². The highest BCUT2D eigenvalue weighted by Gasteiger charge is 2.21. The van der Waals surface area contributed by atoms with Gasteiger partial charge in [0.1, 0.15) is 19.8 Å². The average Bonchev–Trinajstić information content (AvgIpc) is 3.13. The predicted octanol–water partition coefficient (Wildman–Crippen LogP) is 10.2. The van der Waals surface area contributed by atoms with Crippen molar-refractivity contribution in [3.8, 4) is 0 Å². The highest BCUT2D eigenvalue weighted by molar-refractivity contribution is 7.45. The second kappa shape index (κ2) is 36.3. The van der Waals surface area contributed by atoms with Gasteiger partial charge in [-0.3, -0.25) is 14.2 Å². The van der Waals surface area contributed by atoms with E-state index < -0.39 is 38.6 Å². The summed E-state index contributed by atoms with van der Waals surface area (Å²) in [6, 6.07) is 0. The van der Waals surface area contributed by atoms with E-state index in [-0.39, 0.29) is 26.1 Å². The molecule has 0 aliphatic heterocycles. The monoisotopic (exact) mass is 798 g/mol. The van der Waals surface area contributed by atoms with E-state index >= 15 is 0 Å². The van der Waals surface area contributed by atoms with Crippen LogP contribution in [0.5, 0.6) is 0 Å². The van der Waals surface area contributed by atoms with Crippen LogP contribution in [0.3, 0.4) is 0 Å². The molecule has 0 aromatic heterocycles. The number of allylic oxidation sites excluding steroid dienone is 6. The molecule has 0 aromatic rings. The van der Waals surface area contributed by atoms with Gasteiger partial charge in [-0.15, -0.1) is 0 Å². The Morgan fingerprint density at radius 1 is 0.673 bits per heavy atom. The summed E-state index contributed by atoms with van der Waals surface area (Å²) in [5.41, 5.74) is 0. The molecule has 0 aliphatic rings. The zero-order valence-electron chi connectivity index (χ0n) is 35.5. The molecule has 0 amide bonds. The van der Waals surface area contributed by atoms with Gasteiger partial charge in [0.2, 0.25) is 0 Å². The Labute approximate surface area is 336 Å². The van der Waals surface area contributed by atoms with E-state index in [1.165, 1.54) is 77.0 Å². The molecule has 320 valence electrons. The molecular weight excluding hydrogens is 717 g/mol. The van der Waals surface area contributed by atoms with Crippen LogP contribution in [0.2, 0.25) is 0 Å². The smallest absolute Gasteiger partial charge is 0.306 e. The van der Waals surface area contributed by atoms with Gasteiger partial charge in [-0.2, -0.15) is 0 Å². The fourth-order valence-corrected chi connectivity index (χ4v) is 6.22. The Bertz CT molecular complexity index is 1100. The van der Waals surface area contributed by atoms with E-state index in [1.807, 2.05) is 45.4 Å². The van der Waals surface area contributed by atoms with Crippen molar-refractivity contribution in [1.82, 2.24) is 0 Å². The fraction of sp³-hybridized carbons (Fsp3) is 0.773. The SMILES string of the molecule is CCCCC/C=C\C/C=C\C=C/C(O)C/C=C\CCCC(=O)OC(COC(=O)CCCCCCCCCCCCCCC)COP(=O)([O-])OCC[N+](C)(C)C. The summed E-state index contributed by atoms with van der Waals surface area (Å²) in [7, 11) is 1.07. The standard InChI is InChI=1S/C44H80NO9P/c1-6-8-10-12-14-16-18-19-20-22-24-26-31-35-43(47)51-39-42(40-53-55(49,50)52-38-37-45(3,4)5)54-44(48)36-32-28-27-30-34-41(46)33-29-25-23-21-17-15-13-11-9-7-2/h15,17,23,25,27,29-30,33,41-42,46H,6-14,16,18-22,24,26,28,31-32,34-40H2,1-5H3/b17-15-,25-23-,30-27-,33-29-. The maximum absolute atomic E-state index is 12.6. The van der Waals surface area contributed by atoms with Crippen LogP contribution in [0.1, 0.15) is 162 Å². The zero-order valence-corrected chi connectivity index (χ0v) is 36.4. The van der Waals surface area contributed by atoms with Gasteiger partial charge in [-0.25, -0.2) is 0 Å². The first-order chi connectivity index (χ1) is 26.4. The molecule has 0 fully saturated rings. The lowest BCUT2D eigenvalue weighted by Gasteiger charge is -2.28. The lowest BCUT2D eigenvalue weighted by molar-refractivity contribution is -0.870. The molecule has 0 saturated carbocycles. The Balaban J connectivity index is 4.57. The molecule has 1 N–H and O–H groups in total. The average molecular weight is 798 g/mol. The highest BCUT2D eigenvalue weighted by atomic mass is 31.2. The highest BCUT2D eigenvalue weighted by Crippen LogP contribution is 2.38. The van der Waals surface area contributed by atoms with Crippen molar-refractivity contribution in [2.75, 3.05) is 47.5 Å². The van der Waals surface area contributed by atoms with E-state index in [0.29, 0.717) is 36.7 Å². The van der Waals surface area contributed by atoms with Gasteiger partial charge in [0.25, 0.3) is 7.82 Å². The number of likely N-dealkylation sites (N-methyl/N-ethyl adjacent to an activating group) is 1. The summed E-state index contributed by atoms with van der Waals surface area (Å²) in [6.45, 7) is 4.01. The quantitative estimate of drug-likeness (QED) is 0.0162. The van der Waals surface area contributed by atoms with E-state index in [9.17, 15) is 24.2 Å². The number of unbranched alkanes of at least 4 members (excludes halogenated alkanes) is 16. The van der Waals surface area contributed by atoms with E-state index in [0.717, 1.165) is 32.1 Å². The van der Waals surface area contributed by atoms with Crippen LogP contribution in [0.15, 0.2) is 48.6 Å². The van der Waals surface area contributed by atoms with Crippen LogP contribution in [0.4, 0.5) is 0 Å². The third-order valence-electron chi connectivity index (χ3n) is 8.93. The Kier molecular flexibility index (Phi) is 34.9. The third kappa shape index (κ3) is 39.9. The van der Waals surface area contributed by atoms with Crippen LogP contribution in [0.25, 0.3) is 0 Å². The van der Waals surface area contributed by atoms with Crippen molar-refractivity contribution in [1.29, 1.82) is 0 Å². The molecule has 3 atom stereocenters. The second-order valence-corrected chi connectivity index (χ2v) is 17.0. The molecule has 0 rings (SSSR count). The zero-order chi connectivity index (χ0) is 40.9. The number of aliphatic hydroxyl groups is 1. The van der Waals surface area contributed by atoms with Crippen molar-refractivity contribution < 1.29 is 47.2 Å². The number of nitrogens with zero attached hydrogens (tertiary/aromatic N) is 1. The Hall–Kier alpha value is -2.07. The first kappa shape index (κ1) is 52.9. The normalized spacial score (nSPS) is 14.7. The maximum Gasteiger partial charge on any atom is 0.306 e. The number of carbonyl (C=O) groups excluding carboxylic acids is 2. The molecule has 0 radical (unpaired) electrons. The summed E-state index contributed by atoms with van der Waals surface area (Å²) in [6.07, 6.45) is 37.3. The summed E-state index contributed by atoms with van der Waals surface area (Å²) in [5, 5.41) is 10.2. The van der Waals surface area contributed by atoms with Crippen LogP contribution < -0.4 is 4.89 Å². The molecule has 0 spiro atoms. The number of carbonyl (C=O) groups is 2. The number of phosphoric ester groups is 1. The number of phosphoric acid groups is 1. The first-order valence-corrected chi connectivity index (χ1v) is 22.9. The molecule has 0 bridgehead atoms. The minimum absolute atomic E-state index is 0.0577. The van der Waals surface area contributed by atoms with E-state index in [1.54, 1.807) is 6.08 Å². The van der Waals surface area contributed by atoms with Gasteiger partial charge in [0.05, 0.1) is 33.9 Å². The number of hydrogen-bond acceptors (Lipinski definition) is 9. The Morgan fingerprint density at radius 2 is 1.24 bits per heavy atom. The molecule has 0 saturated heterocycles. The summed E-state index contributed by atoms with van der Waals surface area (Å²) < 4.78 is 33.7. The number of aliphatic hydroxyl groups excluding tert-OH is 1. The van der Waals surface area contributed by atoms with Crippen molar-refractivity contribution in [3.63, 3.8) is 0 Å². The van der Waals surface area contributed by atoms with Crippen molar-refractivity contribution in [2.24, 2.45) is 0 Å². The summed E-state index contributed by atoms with van der Waals surface area (Å²) in [4.78, 5) is 37.5. The van der Waals surface area contributed by atoms with E-state index in [2.05, 4.69) is 32.1 Å². The van der Waals surface area contributed by atoms with Crippen LogP contribution in [-0.4, -0.2) is 81.2 Å². The second-order valence-electron chi connectivity index (χ2n) is 15.6. The van der Waals surface area contributed by atoms with Gasteiger partial charge in [-0.05, 0) is 44.9 Å². The number of hydrogen-bond donors (Lipinski definition) is 1. The van der Waals surface area contributed by atoms with E-state index in [4.69, 9.17) is 18.5 Å². The fourth-order valence-electron chi connectivity index (χ4n) is 5.50. The van der Waals surface area contributed by atoms with Gasteiger partial charge in [-0.1, -0.05) is 152 Å². The van der Waals surface area contributed by atoms with Crippen molar-refractivity contribution in [3.05, 3.63) is 48.6 Å². The molecule has 10 nitrogen and oxygen atoms in total. The molecule has 55 heavy (non-hydrogen) atoms. The molecule has 0 aromatic carbocycles. The van der Waals surface area contributed by atoms with Crippen molar-refractivity contribution >= 4 is 19.8 Å². The van der Waals surface area contributed by atoms with Crippen LogP contribution >= 0.6 is 7.82 Å². The molecule has 0 heterocycles. The van der Waals surface area contributed by atoms with Gasteiger partial charge in [0.15, 0.2) is 6.10 Å². The number of quaternary nitrogens is 1. The van der Waals surface area contributed by atoms with Crippen LogP contribution in [-0.2, 0) is 32.7 Å². The third-order valence-corrected chi connectivity index (χ3v) is 9.90. The lowest BCUT2D eigenvalue weighted by Crippen LogP contribution is -2.37. The largest absolute Gasteiger partial charge is 0.756 e. The summed E-state index contributed by atoms with van der Waals surface area (Å²) in [5.74, 6) is -0.969. The number of rotatable bonds is 38. The van der Waals surface area contributed by atoms with Crippen molar-refractivity contribution in [2.45, 2.75) is 174 Å². The summed E-state index contributed by atoms with van der Waals surface area (Å²) >= 11 is 0. The Morgan fingerprint density at radius 3 is 1.87 bits per heavy atom. The minimum Gasteiger partial charge on any atom is -0.756 e. The maximum atomic E-state index is 12.6. The molecule has 0 aliphatic carbocycles.